The molecular formula is C18H22N2O4S. The first-order valence-corrected chi connectivity index (χ1v) is 9.42. The Morgan fingerprint density at radius 1 is 1.20 bits per heavy atom. The van der Waals surface area contributed by atoms with E-state index in [-0.39, 0.29) is 16.6 Å². The molecule has 3 N–H and O–H groups in total. The molecule has 0 aromatic heterocycles. The number of anilines is 2. The predicted octanol–water partition coefficient (Wildman–Crippen LogP) is 2.63. The van der Waals surface area contributed by atoms with Gasteiger partial charge in [-0.15, -0.1) is 0 Å². The Labute approximate surface area is 147 Å². The lowest BCUT2D eigenvalue weighted by Gasteiger charge is -2.14. The minimum absolute atomic E-state index is 0.160. The van der Waals surface area contributed by atoms with Gasteiger partial charge >= 0.3 is 0 Å². The van der Waals surface area contributed by atoms with Crippen LogP contribution in [-0.2, 0) is 14.6 Å². The number of aryl methyl sites for hydroxylation is 1. The number of benzene rings is 2. The van der Waals surface area contributed by atoms with Crippen LogP contribution in [0.4, 0.5) is 11.4 Å². The van der Waals surface area contributed by atoms with Crippen LogP contribution >= 0.6 is 0 Å². The molecule has 1 amide bonds. The van der Waals surface area contributed by atoms with Crippen LogP contribution in [0.15, 0.2) is 47.4 Å². The molecule has 2 rings (SSSR count). The van der Waals surface area contributed by atoms with Crippen LogP contribution in [0.3, 0.4) is 0 Å². The SMILES string of the molecule is COc1ccc(S(=O)(=O)CC(C)C(=O)Nc2cc(N)ccc2C)cc1. The van der Waals surface area contributed by atoms with E-state index in [1.165, 1.54) is 19.2 Å². The first-order chi connectivity index (χ1) is 11.7. The van der Waals surface area contributed by atoms with Gasteiger partial charge in [-0.2, -0.15) is 0 Å². The Bertz CT molecular complexity index is 861. The van der Waals surface area contributed by atoms with Gasteiger partial charge in [-0.05, 0) is 48.9 Å². The quantitative estimate of drug-likeness (QED) is 0.770. The van der Waals surface area contributed by atoms with E-state index in [4.69, 9.17) is 10.5 Å². The fourth-order valence-corrected chi connectivity index (χ4v) is 3.87. The maximum absolute atomic E-state index is 12.5. The van der Waals surface area contributed by atoms with Gasteiger partial charge in [0.05, 0.1) is 17.8 Å². The van der Waals surface area contributed by atoms with Crippen molar-refractivity contribution < 1.29 is 17.9 Å². The molecule has 0 aliphatic heterocycles. The molecule has 134 valence electrons. The number of carbonyl (C=O) groups excluding carboxylic acids is 1. The number of methoxy groups -OCH3 is 1. The Morgan fingerprint density at radius 3 is 2.44 bits per heavy atom. The first kappa shape index (κ1) is 18.8. The van der Waals surface area contributed by atoms with E-state index in [0.29, 0.717) is 17.1 Å². The topological polar surface area (TPSA) is 98.5 Å². The third-order valence-electron chi connectivity index (χ3n) is 3.86. The highest BCUT2D eigenvalue weighted by molar-refractivity contribution is 7.91. The summed E-state index contributed by atoms with van der Waals surface area (Å²) in [5.41, 5.74) is 7.69. The van der Waals surface area contributed by atoms with Gasteiger partial charge in [0.2, 0.25) is 5.91 Å². The van der Waals surface area contributed by atoms with E-state index >= 15 is 0 Å². The molecule has 0 fully saturated rings. The molecule has 7 heteroatoms. The number of nitrogens with two attached hydrogens (primary N) is 1. The highest BCUT2D eigenvalue weighted by Gasteiger charge is 2.23. The van der Waals surface area contributed by atoms with E-state index < -0.39 is 15.8 Å². The summed E-state index contributed by atoms with van der Waals surface area (Å²) >= 11 is 0. The van der Waals surface area contributed by atoms with Gasteiger partial charge in [-0.1, -0.05) is 13.0 Å². The van der Waals surface area contributed by atoms with Gasteiger partial charge in [0.1, 0.15) is 5.75 Å². The average molecular weight is 362 g/mol. The van der Waals surface area contributed by atoms with Gasteiger partial charge in [0.25, 0.3) is 0 Å². The summed E-state index contributed by atoms with van der Waals surface area (Å²) in [6.45, 7) is 3.42. The molecular weight excluding hydrogens is 340 g/mol. The average Bonchev–Trinajstić information content (AvgIpc) is 2.57. The van der Waals surface area contributed by atoms with Crippen molar-refractivity contribution in [2.75, 3.05) is 23.9 Å². The minimum atomic E-state index is -3.58. The second-order valence-electron chi connectivity index (χ2n) is 5.92. The molecule has 0 saturated heterocycles. The lowest BCUT2D eigenvalue weighted by Crippen LogP contribution is -2.27. The first-order valence-electron chi connectivity index (χ1n) is 7.76. The fourth-order valence-electron chi connectivity index (χ4n) is 2.31. The molecule has 0 bridgehead atoms. The molecule has 0 aliphatic rings. The van der Waals surface area contributed by atoms with Gasteiger partial charge in [-0.3, -0.25) is 4.79 Å². The van der Waals surface area contributed by atoms with Crippen LogP contribution < -0.4 is 15.8 Å². The molecule has 0 saturated carbocycles. The third-order valence-corrected chi connectivity index (χ3v) is 5.78. The molecule has 0 spiro atoms. The zero-order chi connectivity index (χ0) is 18.6. The van der Waals surface area contributed by atoms with Crippen molar-refractivity contribution >= 4 is 27.1 Å². The maximum Gasteiger partial charge on any atom is 0.228 e. The van der Waals surface area contributed by atoms with E-state index in [2.05, 4.69) is 5.32 Å². The minimum Gasteiger partial charge on any atom is -0.497 e. The smallest absolute Gasteiger partial charge is 0.228 e. The molecule has 2 aromatic carbocycles. The predicted molar refractivity (Wildman–Crippen MR) is 98.4 cm³/mol. The molecule has 1 atom stereocenters. The van der Waals surface area contributed by atoms with E-state index in [1.54, 1.807) is 37.3 Å². The molecule has 0 radical (unpaired) electrons. The van der Waals surface area contributed by atoms with Gasteiger partial charge in [0.15, 0.2) is 9.84 Å². The normalized spacial score (nSPS) is 12.4. The number of ether oxygens (including phenoxy) is 1. The lowest BCUT2D eigenvalue weighted by atomic mass is 10.1. The zero-order valence-corrected chi connectivity index (χ0v) is 15.3. The monoisotopic (exact) mass is 362 g/mol. The number of carbonyl (C=O) groups is 1. The number of rotatable bonds is 6. The second kappa shape index (κ2) is 7.57. The number of hydrogen-bond donors (Lipinski definition) is 2. The summed E-state index contributed by atoms with van der Waals surface area (Å²) in [7, 11) is -2.07. The summed E-state index contributed by atoms with van der Waals surface area (Å²) in [5, 5.41) is 2.74. The number of nitrogen functional groups attached to an aromatic ring is 1. The van der Waals surface area contributed by atoms with Crippen LogP contribution in [0.25, 0.3) is 0 Å². The molecule has 0 aliphatic carbocycles. The fraction of sp³-hybridized carbons (Fsp3) is 0.278. The number of hydrogen-bond acceptors (Lipinski definition) is 5. The van der Waals surface area contributed by atoms with Crippen LogP contribution in [0.2, 0.25) is 0 Å². The Hall–Kier alpha value is -2.54. The lowest BCUT2D eigenvalue weighted by molar-refractivity contribution is -0.118. The molecule has 6 nitrogen and oxygen atoms in total. The third kappa shape index (κ3) is 4.73. The van der Waals surface area contributed by atoms with Gasteiger partial charge < -0.3 is 15.8 Å². The summed E-state index contributed by atoms with van der Waals surface area (Å²) in [4.78, 5) is 12.5. The molecule has 25 heavy (non-hydrogen) atoms. The highest BCUT2D eigenvalue weighted by Crippen LogP contribution is 2.21. The van der Waals surface area contributed by atoms with E-state index in [0.717, 1.165) is 5.56 Å². The number of nitrogens with one attached hydrogen (secondary N) is 1. The van der Waals surface area contributed by atoms with Crippen LogP contribution in [0, 0.1) is 12.8 Å². The Balaban J connectivity index is 2.10. The number of sulfone groups is 1. The largest absolute Gasteiger partial charge is 0.497 e. The Kier molecular flexibility index (Phi) is 5.69. The van der Waals surface area contributed by atoms with Crippen molar-refractivity contribution in [1.82, 2.24) is 0 Å². The molecule has 1 unspecified atom stereocenters. The van der Waals surface area contributed by atoms with Gasteiger partial charge in [-0.25, -0.2) is 8.42 Å². The highest BCUT2D eigenvalue weighted by atomic mass is 32.2. The van der Waals surface area contributed by atoms with Crippen molar-refractivity contribution in [2.24, 2.45) is 5.92 Å². The van der Waals surface area contributed by atoms with E-state index in [9.17, 15) is 13.2 Å². The van der Waals surface area contributed by atoms with Crippen LogP contribution in [0.5, 0.6) is 5.75 Å². The van der Waals surface area contributed by atoms with Crippen molar-refractivity contribution in [3.05, 3.63) is 48.0 Å². The summed E-state index contributed by atoms with van der Waals surface area (Å²) in [6, 6.07) is 11.3. The summed E-state index contributed by atoms with van der Waals surface area (Å²) in [5.74, 6) is -0.799. The van der Waals surface area contributed by atoms with Crippen molar-refractivity contribution in [3.8, 4) is 5.75 Å². The van der Waals surface area contributed by atoms with E-state index in [1.807, 2.05) is 6.92 Å². The molecule has 2 aromatic rings. The second-order valence-corrected chi connectivity index (χ2v) is 7.96. The molecule has 0 heterocycles. The summed E-state index contributed by atoms with van der Waals surface area (Å²) in [6.07, 6.45) is 0. The van der Waals surface area contributed by atoms with Crippen LogP contribution in [-0.4, -0.2) is 27.2 Å². The van der Waals surface area contributed by atoms with Crippen molar-refractivity contribution in [1.29, 1.82) is 0 Å². The van der Waals surface area contributed by atoms with Crippen molar-refractivity contribution in [2.45, 2.75) is 18.7 Å². The van der Waals surface area contributed by atoms with Crippen LogP contribution in [0.1, 0.15) is 12.5 Å². The van der Waals surface area contributed by atoms with Gasteiger partial charge in [0, 0.05) is 17.3 Å². The Morgan fingerprint density at radius 2 is 1.84 bits per heavy atom. The zero-order valence-electron chi connectivity index (χ0n) is 14.4. The number of amides is 1. The standard InChI is InChI=1S/C18H22N2O4S/c1-12-4-5-14(19)10-17(12)20-18(21)13(2)11-25(22,23)16-8-6-15(24-3)7-9-16/h4-10,13H,11,19H2,1-3H3,(H,20,21). The summed E-state index contributed by atoms with van der Waals surface area (Å²) < 4.78 is 30.0. The van der Waals surface area contributed by atoms with Crippen molar-refractivity contribution in [3.63, 3.8) is 0 Å². The maximum atomic E-state index is 12.5.